The van der Waals surface area contributed by atoms with Gasteiger partial charge in [-0.2, -0.15) is 0 Å². The highest BCUT2D eigenvalue weighted by Crippen LogP contribution is 2.46. The summed E-state index contributed by atoms with van der Waals surface area (Å²) in [6.07, 6.45) is 1.27. The van der Waals surface area contributed by atoms with Gasteiger partial charge in [0.25, 0.3) is 0 Å². The van der Waals surface area contributed by atoms with Gasteiger partial charge in [0.1, 0.15) is 0 Å². The number of hydrogen-bond donors (Lipinski definition) is 1. The minimum absolute atomic E-state index is 0.125. The van der Waals surface area contributed by atoms with E-state index in [0.717, 1.165) is 32.1 Å². The Morgan fingerprint density at radius 3 is 2.29 bits per heavy atom. The maximum absolute atomic E-state index is 4.52. The Balaban J connectivity index is 1.51. The molecule has 5 heteroatoms. The number of likely N-dealkylation sites (tertiary alicyclic amines) is 1. The SMILES string of the molecule is CN=C(NCc1ccc(CN2CCCN(C)CC2)cc1)N1CC(C)(C)C1(C)C. The molecule has 0 aromatic heterocycles. The number of rotatable bonds is 4. The summed E-state index contributed by atoms with van der Waals surface area (Å²) in [5, 5.41) is 3.56. The molecule has 0 atom stereocenters. The number of aliphatic imine (C=N–C) groups is 1. The van der Waals surface area contributed by atoms with Gasteiger partial charge in [-0.1, -0.05) is 38.1 Å². The molecule has 2 saturated heterocycles. The molecule has 3 rings (SSSR count). The second-order valence-electron chi connectivity index (χ2n) is 9.68. The fourth-order valence-electron chi connectivity index (χ4n) is 4.16. The van der Waals surface area contributed by atoms with Crippen LogP contribution in [-0.4, -0.2) is 73.0 Å². The van der Waals surface area contributed by atoms with Crippen molar-refractivity contribution in [2.24, 2.45) is 10.4 Å². The van der Waals surface area contributed by atoms with E-state index in [2.05, 4.69) is 84.0 Å². The van der Waals surface area contributed by atoms with Gasteiger partial charge >= 0.3 is 0 Å². The van der Waals surface area contributed by atoms with Gasteiger partial charge in [0.2, 0.25) is 0 Å². The van der Waals surface area contributed by atoms with Crippen molar-refractivity contribution in [3.05, 3.63) is 35.4 Å². The van der Waals surface area contributed by atoms with Crippen molar-refractivity contribution in [3.63, 3.8) is 0 Å². The van der Waals surface area contributed by atoms with Gasteiger partial charge in [-0.3, -0.25) is 9.89 Å². The zero-order valence-corrected chi connectivity index (χ0v) is 18.8. The summed E-state index contributed by atoms with van der Waals surface area (Å²) in [7, 11) is 4.10. The Hall–Kier alpha value is -1.59. The maximum atomic E-state index is 4.52. The van der Waals surface area contributed by atoms with Crippen molar-refractivity contribution in [1.29, 1.82) is 0 Å². The molecule has 0 aliphatic carbocycles. The van der Waals surface area contributed by atoms with E-state index in [1.807, 2.05) is 7.05 Å². The molecule has 5 nitrogen and oxygen atoms in total. The fourth-order valence-corrected chi connectivity index (χ4v) is 4.16. The summed E-state index contributed by atoms with van der Waals surface area (Å²) < 4.78 is 0. The number of hydrogen-bond acceptors (Lipinski definition) is 3. The van der Waals surface area contributed by atoms with Crippen LogP contribution in [0.3, 0.4) is 0 Å². The minimum Gasteiger partial charge on any atom is -0.352 e. The molecule has 0 spiro atoms. The molecule has 1 aromatic rings. The number of nitrogens with one attached hydrogen (secondary N) is 1. The lowest BCUT2D eigenvalue weighted by Crippen LogP contribution is -2.72. The van der Waals surface area contributed by atoms with Crippen LogP contribution in [-0.2, 0) is 13.1 Å². The quantitative estimate of drug-likeness (QED) is 0.638. The molecule has 1 aromatic carbocycles. The van der Waals surface area contributed by atoms with Crippen LogP contribution in [0.25, 0.3) is 0 Å². The van der Waals surface area contributed by atoms with Crippen molar-refractivity contribution in [2.45, 2.75) is 52.7 Å². The minimum atomic E-state index is 0.125. The molecule has 0 radical (unpaired) electrons. The first kappa shape index (κ1) is 21.1. The van der Waals surface area contributed by atoms with E-state index < -0.39 is 0 Å². The predicted molar refractivity (Wildman–Crippen MR) is 119 cm³/mol. The zero-order valence-electron chi connectivity index (χ0n) is 18.8. The van der Waals surface area contributed by atoms with Crippen LogP contribution in [0.5, 0.6) is 0 Å². The fraction of sp³-hybridized carbons (Fsp3) is 0.696. The Morgan fingerprint density at radius 2 is 1.68 bits per heavy atom. The summed E-state index contributed by atoms with van der Waals surface area (Å²) in [6, 6.07) is 9.08. The first-order valence-corrected chi connectivity index (χ1v) is 10.7. The van der Waals surface area contributed by atoms with Crippen LogP contribution in [0, 0.1) is 5.41 Å². The molecule has 0 saturated carbocycles. The van der Waals surface area contributed by atoms with E-state index >= 15 is 0 Å². The van der Waals surface area contributed by atoms with Gasteiger partial charge in [-0.05, 0) is 51.5 Å². The molecule has 0 bridgehead atoms. The second-order valence-corrected chi connectivity index (χ2v) is 9.68. The molecule has 0 amide bonds. The standard InChI is InChI=1S/C23H39N5/c1-22(2)18-28(23(22,3)4)21(24-5)25-16-19-8-10-20(11-9-19)17-27-13-7-12-26(6)14-15-27/h8-11H,7,12-18H2,1-6H3,(H,24,25). The molecule has 28 heavy (non-hydrogen) atoms. The average Bonchev–Trinajstić information content (AvgIpc) is 2.87. The van der Waals surface area contributed by atoms with Crippen molar-refractivity contribution in [3.8, 4) is 0 Å². The van der Waals surface area contributed by atoms with Crippen molar-refractivity contribution < 1.29 is 0 Å². The van der Waals surface area contributed by atoms with Gasteiger partial charge in [-0.25, -0.2) is 0 Å². The molecule has 0 unspecified atom stereocenters. The molecular formula is C23H39N5. The molecule has 2 aliphatic heterocycles. The highest BCUT2D eigenvalue weighted by molar-refractivity contribution is 5.82. The zero-order chi connectivity index (χ0) is 20.4. The smallest absolute Gasteiger partial charge is 0.194 e. The molecule has 2 heterocycles. The van der Waals surface area contributed by atoms with Crippen LogP contribution in [0.2, 0.25) is 0 Å². The van der Waals surface area contributed by atoms with Gasteiger partial charge in [0.15, 0.2) is 5.96 Å². The summed E-state index contributed by atoms with van der Waals surface area (Å²) in [6.45, 7) is 16.9. The normalized spacial score (nSPS) is 23.2. The highest BCUT2D eigenvalue weighted by Gasteiger charge is 2.53. The van der Waals surface area contributed by atoms with E-state index in [1.54, 1.807) is 0 Å². The lowest BCUT2D eigenvalue weighted by Gasteiger charge is -2.62. The van der Waals surface area contributed by atoms with Crippen molar-refractivity contribution >= 4 is 5.96 Å². The van der Waals surface area contributed by atoms with Gasteiger partial charge in [0, 0.05) is 50.7 Å². The Kier molecular flexibility index (Phi) is 6.35. The van der Waals surface area contributed by atoms with Gasteiger partial charge < -0.3 is 15.1 Å². The number of likely N-dealkylation sites (N-methyl/N-ethyl adjacent to an activating group) is 1. The van der Waals surface area contributed by atoms with Crippen LogP contribution >= 0.6 is 0 Å². The Morgan fingerprint density at radius 1 is 1.00 bits per heavy atom. The lowest BCUT2D eigenvalue weighted by atomic mass is 9.65. The molecule has 2 fully saturated rings. The van der Waals surface area contributed by atoms with Crippen LogP contribution in [0.4, 0.5) is 0 Å². The summed E-state index contributed by atoms with van der Waals surface area (Å²) >= 11 is 0. The van der Waals surface area contributed by atoms with Crippen LogP contribution in [0.1, 0.15) is 45.2 Å². The third kappa shape index (κ3) is 4.52. The van der Waals surface area contributed by atoms with E-state index in [9.17, 15) is 0 Å². The highest BCUT2D eigenvalue weighted by atomic mass is 15.4. The van der Waals surface area contributed by atoms with E-state index in [1.165, 1.54) is 37.2 Å². The largest absolute Gasteiger partial charge is 0.352 e. The first-order valence-electron chi connectivity index (χ1n) is 10.7. The molecule has 156 valence electrons. The monoisotopic (exact) mass is 385 g/mol. The topological polar surface area (TPSA) is 34.1 Å². The Labute approximate surface area is 171 Å². The number of benzene rings is 1. The van der Waals surface area contributed by atoms with Crippen molar-refractivity contribution in [1.82, 2.24) is 20.0 Å². The summed E-state index contributed by atoms with van der Waals surface area (Å²) in [5.41, 5.74) is 3.15. The summed E-state index contributed by atoms with van der Waals surface area (Å²) in [5.74, 6) is 1.00. The van der Waals surface area contributed by atoms with Crippen LogP contribution < -0.4 is 5.32 Å². The van der Waals surface area contributed by atoms with Gasteiger partial charge in [0.05, 0.1) is 0 Å². The second kappa shape index (κ2) is 8.42. The predicted octanol–water partition coefficient (Wildman–Crippen LogP) is 3.02. The van der Waals surface area contributed by atoms with E-state index in [4.69, 9.17) is 0 Å². The van der Waals surface area contributed by atoms with E-state index in [-0.39, 0.29) is 5.54 Å². The van der Waals surface area contributed by atoms with E-state index in [0.29, 0.717) is 5.41 Å². The summed E-state index contributed by atoms with van der Waals surface area (Å²) in [4.78, 5) is 11.9. The lowest BCUT2D eigenvalue weighted by molar-refractivity contribution is -0.0667. The van der Waals surface area contributed by atoms with Gasteiger partial charge in [-0.15, -0.1) is 0 Å². The molecule has 2 aliphatic rings. The Bertz CT molecular complexity index is 677. The van der Waals surface area contributed by atoms with Crippen LogP contribution in [0.15, 0.2) is 29.3 Å². The average molecular weight is 386 g/mol. The number of nitrogens with zero attached hydrogens (tertiary/aromatic N) is 4. The molecule has 1 N–H and O–H groups in total. The third-order valence-electron chi connectivity index (χ3n) is 7.04. The maximum Gasteiger partial charge on any atom is 0.194 e. The molecular weight excluding hydrogens is 346 g/mol. The third-order valence-corrected chi connectivity index (χ3v) is 7.04. The van der Waals surface area contributed by atoms with Crippen molar-refractivity contribution in [2.75, 3.05) is 46.8 Å². The number of guanidine groups is 1. The first-order chi connectivity index (χ1) is 13.2.